The third-order valence-electron chi connectivity index (χ3n) is 3.96. The van der Waals surface area contributed by atoms with Crippen LogP contribution in [0.4, 0.5) is 10.1 Å². The summed E-state index contributed by atoms with van der Waals surface area (Å²) in [6.07, 6.45) is 3.98. The molecule has 5 heteroatoms. The van der Waals surface area contributed by atoms with Crippen molar-refractivity contribution in [1.29, 1.82) is 0 Å². The molecular formula is C18H20FN3O. The van der Waals surface area contributed by atoms with E-state index in [2.05, 4.69) is 15.2 Å². The highest BCUT2D eigenvalue weighted by Gasteiger charge is 2.30. The summed E-state index contributed by atoms with van der Waals surface area (Å²) in [5, 5.41) is 2.77. The number of anilines is 1. The highest BCUT2D eigenvalue weighted by molar-refractivity contribution is 5.92. The molecular weight excluding hydrogens is 293 g/mol. The van der Waals surface area contributed by atoms with E-state index in [9.17, 15) is 9.18 Å². The molecule has 1 saturated carbocycles. The van der Waals surface area contributed by atoms with Crippen molar-refractivity contribution in [3.05, 3.63) is 59.7 Å². The first-order valence-electron chi connectivity index (χ1n) is 7.82. The van der Waals surface area contributed by atoms with E-state index in [0.29, 0.717) is 23.8 Å². The molecule has 0 spiro atoms. The van der Waals surface area contributed by atoms with Gasteiger partial charge in [-0.1, -0.05) is 12.1 Å². The van der Waals surface area contributed by atoms with Crippen LogP contribution in [0.2, 0.25) is 0 Å². The minimum Gasteiger partial charge on any atom is -0.325 e. The fourth-order valence-electron chi connectivity index (χ4n) is 2.51. The zero-order chi connectivity index (χ0) is 16.2. The lowest BCUT2D eigenvalue weighted by atomic mass is 10.2. The maximum absolute atomic E-state index is 13.5. The first-order chi connectivity index (χ1) is 11.1. The molecule has 1 amide bonds. The molecule has 120 valence electrons. The number of nitrogens with zero attached hydrogens (tertiary/aromatic N) is 2. The lowest BCUT2D eigenvalue weighted by Gasteiger charge is -2.21. The first-order valence-corrected chi connectivity index (χ1v) is 7.82. The molecule has 1 aliphatic rings. The van der Waals surface area contributed by atoms with E-state index in [-0.39, 0.29) is 18.3 Å². The molecule has 1 fully saturated rings. The van der Waals surface area contributed by atoms with Crippen molar-refractivity contribution in [2.75, 3.05) is 11.9 Å². The second-order valence-corrected chi connectivity index (χ2v) is 5.97. The van der Waals surface area contributed by atoms with Gasteiger partial charge in [0.05, 0.1) is 12.2 Å². The Kier molecular flexibility index (Phi) is 4.67. The van der Waals surface area contributed by atoms with Crippen molar-refractivity contribution in [2.45, 2.75) is 32.4 Å². The van der Waals surface area contributed by atoms with Gasteiger partial charge in [-0.15, -0.1) is 0 Å². The smallest absolute Gasteiger partial charge is 0.238 e. The van der Waals surface area contributed by atoms with E-state index in [1.807, 2.05) is 18.2 Å². The normalized spacial score (nSPS) is 14.0. The number of pyridine rings is 1. The second-order valence-electron chi connectivity index (χ2n) is 5.97. The molecule has 4 nitrogen and oxygen atoms in total. The van der Waals surface area contributed by atoms with Crippen molar-refractivity contribution < 1.29 is 9.18 Å². The van der Waals surface area contributed by atoms with Gasteiger partial charge in [0.2, 0.25) is 5.91 Å². The van der Waals surface area contributed by atoms with E-state index < -0.39 is 0 Å². The number of hydrogen-bond donors (Lipinski definition) is 1. The zero-order valence-electron chi connectivity index (χ0n) is 13.1. The summed E-state index contributed by atoms with van der Waals surface area (Å²) in [6, 6.07) is 11.0. The summed E-state index contributed by atoms with van der Waals surface area (Å²) in [6.45, 7) is 2.64. The Labute approximate surface area is 135 Å². The molecule has 0 saturated heterocycles. The average Bonchev–Trinajstić information content (AvgIpc) is 3.36. The van der Waals surface area contributed by atoms with Crippen LogP contribution in [0.5, 0.6) is 0 Å². The molecule has 0 radical (unpaired) electrons. The number of nitrogens with one attached hydrogen (secondary N) is 1. The molecule has 0 aliphatic heterocycles. The minimum atomic E-state index is -0.310. The number of hydrogen-bond acceptors (Lipinski definition) is 3. The quantitative estimate of drug-likeness (QED) is 0.891. The number of aryl methyl sites for hydroxylation is 1. The number of amides is 1. The van der Waals surface area contributed by atoms with Crippen molar-refractivity contribution >= 4 is 11.6 Å². The van der Waals surface area contributed by atoms with E-state index >= 15 is 0 Å². The number of halogens is 1. The number of carbonyl (C=O) groups is 1. The average molecular weight is 313 g/mol. The van der Waals surface area contributed by atoms with Crippen LogP contribution >= 0.6 is 0 Å². The van der Waals surface area contributed by atoms with Crippen molar-refractivity contribution in [3.8, 4) is 0 Å². The van der Waals surface area contributed by atoms with Crippen molar-refractivity contribution in [1.82, 2.24) is 9.88 Å². The topological polar surface area (TPSA) is 45.2 Å². The number of rotatable bonds is 6. The fraction of sp³-hybridized carbons (Fsp3) is 0.333. The molecule has 23 heavy (non-hydrogen) atoms. The Morgan fingerprint density at radius 1 is 1.35 bits per heavy atom. The van der Waals surface area contributed by atoms with Gasteiger partial charge >= 0.3 is 0 Å². The molecule has 0 atom stereocenters. The standard InChI is InChI=1S/C18H20FN3O/c1-13-5-6-14(10-17(13)19)21-18(23)12-22(16-7-8-16)11-15-4-2-3-9-20-15/h2-6,9-10,16H,7-8,11-12H2,1H3,(H,21,23). The van der Waals surface area contributed by atoms with Crippen LogP contribution in [0.3, 0.4) is 0 Å². The lowest BCUT2D eigenvalue weighted by Crippen LogP contribution is -2.34. The van der Waals surface area contributed by atoms with E-state index in [1.165, 1.54) is 6.07 Å². The van der Waals surface area contributed by atoms with Crippen molar-refractivity contribution in [3.63, 3.8) is 0 Å². The third-order valence-corrected chi connectivity index (χ3v) is 3.96. The van der Waals surface area contributed by atoms with Gasteiger partial charge in [0.15, 0.2) is 0 Å². The van der Waals surface area contributed by atoms with Gasteiger partial charge in [0.1, 0.15) is 5.82 Å². The largest absolute Gasteiger partial charge is 0.325 e. The summed E-state index contributed by atoms with van der Waals surface area (Å²) in [5.74, 6) is -0.439. The highest BCUT2D eigenvalue weighted by Crippen LogP contribution is 2.27. The minimum absolute atomic E-state index is 0.129. The Balaban J connectivity index is 1.61. The Hall–Kier alpha value is -2.27. The zero-order valence-corrected chi connectivity index (χ0v) is 13.1. The van der Waals surface area contributed by atoms with Crippen LogP contribution in [-0.4, -0.2) is 28.4 Å². The number of carbonyl (C=O) groups excluding carboxylic acids is 1. The van der Waals surface area contributed by atoms with Crippen LogP contribution in [0.15, 0.2) is 42.6 Å². The first kappa shape index (κ1) is 15.6. The van der Waals surface area contributed by atoms with Gasteiger partial charge in [-0.25, -0.2) is 4.39 Å². The molecule has 2 aromatic rings. The van der Waals surface area contributed by atoms with Crippen LogP contribution in [0.1, 0.15) is 24.1 Å². The summed E-state index contributed by atoms with van der Waals surface area (Å²) in [5.41, 5.74) is 2.01. The summed E-state index contributed by atoms with van der Waals surface area (Å²) in [4.78, 5) is 18.7. The molecule has 3 rings (SSSR count). The monoisotopic (exact) mass is 313 g/mol. The highest BCUT2D eigenvalue weighted by atomic mass is 19.1. The van der Waals surface area contributed by atoms with Crippen LogP contribution < -0.4 is 5.32 Å². The molecule has 1 aromatic carbocycles. The van der Waals surface area contributed by atoms with Crippen LogP contribution in [0, 0.1) is 12.7 Å². The van der Waals surface area contributed by atoms with Crippen molar-refractivity contribution in [2.24, 2.45) is 0 Å². The molecule has 1 N–H and O–H groups in total. The summed E-state index contributed by atoms with van der Waals surface area (Å²) < 4.78 is 13.5. The number of benzene rings is 1. The van der Waals surface area contributed by atoms with E-state index in [4.69, 9.17) is 0 Å². The van der Waals surface area contributed by atoms with Gasteiger partial charge in [0, 0.05) is 24.5 Å². The second kappa shape index (κ2) is 6.87. The maximum atomic E-state index is 13.5. The molecule has 1 heterocycles. The Morgan fingerprint density at radius 2 is 2.17 bits per heavy atom. The van der Waals surface area contributed by atoms with Gasteiger partial charge in [-0.2, -0.15) is 0 Å². The van der Waals surface area contributed by atoms with Gasteiger partial charge in [-0.05, 0) is 49.6 Å². The summed E-state index contributed by atoms with van der Waals surface area (Å²) in [7, 11) is 0. The van der Waals surface area contributed by atoms with Gasteiger partial charge < -0.3 is 5.32 Å². The Bertz CT molecular complexity index is 686. The number of aromatic nitrogens is 1. The van der Waals surface area contributed by atoms with Crippen LogP contribution in [-0.2, 0) is 11.3 Å². The molecule has 0 bridgehead atoms. The lowest BCUT2D eigenvalue weighted by molar-refractivity contribution is -0.117. The Morgan fingerprint density at radius 3 is 2.83 bits per heavy atom. The van der Waals surface area contributed by atoms with E-state index in [0.717, 1.165) is 18.5 Å². The fourth-order valence-corrected chi connectivity index (χ4v) is 2.51. The third kappa shape index (κ3) is 4.36. The maximum Gasteiger partial charge on any atom is 0.238 e. The SMILES string of the molecule is Cc1ccc(NC(=O)CN(Cc2ccccn2)C2CC2)cc1F. The van der Waals surface area contributed by atoms with Crippen LogP contribution in [0.25, 0.3) is 0 Å². The molecule has 1 aromatic heterocycles. The van der Waals surface area contributed by atoms with Gasteiger partial charge in [0.25, 0.3) is 0 Å². The van der Waals surface area contributed by atoms with E-state index in [1.54, 1.807) is 25.3 Å². The molecule has 1 aliphatic carbocycles. The van der Waals surface area contributed by atoms with Gasteiger partial charge in [-0.3, -0.25) is 14.7 Å². The predicted octanol–water partition coefficient (Wildman–Crippen LogP) is 3.13. The summed E-state index contributed by atoms with van der Waals surface area (Å²) >= 11 is 0. The predicted molar refractivity (Wildman–Crippen MR) is 87.4 cm³/mol. The molecule has 0 unspecified atom stereocenters.